The topological polar surface area (TPSA) is 93.9 Å². The first-order chi connectivity index (χ1) is 10.6. The summed E-state index contributed by atoms with van der Waals surface area (Å²) in [4.78, 5) is 25.2. The van der Waals surface area contributed by atoms with Crippen LogP contribution in [-0.2, 0) is 19.1 Å². The highest BCUT2D eigenvalue weighted by Crippen LogP contribution is 2.20. The van der Waals surface area contributed by atoms with E-state index < -0.39 is 18.0 Å². The Kier molecular flexibility index (Phi) is 6.60. The van der Waals surface area contributed by atoms with Gasteiger partial charge in [0, 0.05) is 6.54 Å². The zero-order valence-corrected chi connectivity index (χ0v) is 13.3. The van der Waals surface area contributed by atoms with Crippen molar-refractivity contribution in [3.63, 3.8) is 0 Å². The summed E-state index contributed by atoms with van der Waals surface area (Å²) in [6.45, 7) is 2.84. The number of rotatable bonds is 8. The van der Waals surface area contributed by atoms with E-state index in [1.165, 1.54) is 12.8 Å². The number of nitrogens with zero attached hydrogens (tertiary/aromatic N) is 1. The van der Waals surface area contributed by atoms with Crippen molar-refractivity contribution in [2.75, 3.05) is 20.1 Å². The zero-order valence-electron chi connectivity index (χ0n) is 13.3. The van der Waals surface area contributed by atoms with Crippen molar-refractivity contribution in [2.45, 2.75) is 63.6 Å². The first-order valence-corrected chi connectivity index (χ1v) is 8.12. The molecule has 0 aromatic carbocycles. The van der Waals surface area contributed by atoms with E-state index in [0.717, 1.165) is 19.3 Å². The van der Waals surface area contributed by atoms with Crippen LogP contribution in [0.5, 0.6) is 0 Å². The van der Waals surface area contributed by atoms with Gasteiger partial charge in [-0.2, -0.15) is 0 Å². The largest absolute Gasteiger partial charge is 0.368 e. The lowest BCUT2D eigenvalue weighted by atomic mass is 10.2. The van der Waals surface area contributed by atoms with Crippen molar-refractivity contribution in [3.05, 3.63) is 0 Å². The molecule has 7 nitrogen and oxygen atoms in total. The predicted molar refractivity (Wildman–Crippen MR) is 80.7 cm³/mol. The smallest absolute Gasteiger partial charge is 0.240 e. The Hall–Kier alpha value is -1.18. The fraction of sp³-hybridized carbons (Fsp3) is 0.867. The summed E-state index contributed by atoms with van der Waals surface area (Å²) < 4.78 is 10.9. The summed E-state index contributed by atoms with van der Waals surface area (Å²) in [5.74, 6) is -0.541. The van der Waals surface area contributed by atoms with E-state index in [-0.39, 0.29) is 19.4 Å². The third-order valence-corrected chi connectivity index (χ3v) is 4.42. The van der Waals surface area contributed by atoms with Gasteiger partial charge in [0.25, 0.3) is 0 Å². The second-order valence-electron chi connectivity index (χ2n) is 6.06. The van der Waals surface area contributed by atoms with Crippen LogP contribution in [0.1, 0.15) is 45.4 Å². The molecule has 2 fully saturated rings. The number of nitrogens with two attached hydrogens (primary N) is 1. The van der Waals surface area contributed by atoms with Gasteiger partial charge in [-0.1, -0.05) is 12.8 Å². The number of hydrogen-bond donors (Lipinski definition) is 2. The van der Waals surface area contributed by atoms with E-state index >= 15 is 0 Å². The van der Waals surface area contributed by atoms with E-state index in [1.54, 1.807) is 11.8 Å². The lowest BCUT2D eigenvalue weighted by Crippen LogP contribution is -2.50. The SMILES string of the molecule is C[C@H](NCOCOC1CCCC1)C(=O)N1CCC[C@H]1C(N)=O. The number of primary amides is 1. The van der Waals surface area contributed by atoms with Crippen LogP contribution in [0.25, 0.3) is 0 Å². The van der Waals surface area contributed by atoms with Crippen molar-refractivity contribution in [2.24, 2.45) is 5.73 Å². The third kappa shape index (κ3) is 4.66. The molecular weight excluding hydrogens is 286 g/mol. The van der Waals surface area contributed by atoms with Crippen molar-refractivity contribution in [1.82, 2.24) is 10.2 Å². The van der Waals surface area contributed by atoms with Gasteiger partial charge >= 0.3 is 0 Å². The molecule has 22 heavy (non-hydrogen) atoms. The molecule has 7 heteroatoms. The standard InChI is InChI=1S/C15H27N3O4/c1-11(15(20)18-8-4-7-13(18)14(16)19)17-9-21-10-22-12-5-2-3-6-12/h11-13,17H,2-10H2,1H3,(H2,16,19)/t11-,13-/m0/s1. The Bertz CT molecular complexity index is 385. The molecule has 0 bridgehead atoms. The van der Waals surface area contributed by atoms with Gasteiger partial charge in [-0.25, -0.2) is 0 Å². The molecule has 0 unspecified atom stereocenters. The van der Waals surface area contributed by atoms with Crippen LogP contribution in [0.15, 0.2) is 0 Å². The fourth-order valence-electron chi connectivity index (χ4n) is 3.09. The second kappa shape index (κ2) is 8.45. The van der Waals surface area contributed by atoms with E-state index in [4.69, 9.17) is 15.2 Å². The van der Waals surface area contributed by atoms with Crippen molar-refractivity contribution < 1.29 is 19.1 Å². The molecule has 1 saturated heterocycles. The highest BCUT2D eigenvalue weighted by atomic mass is 16.7. The van der Waals surface area contributed by atoms with Crippen LogP contribution in [0.2, 0.25) is 0 Å². The molecular formula is C15H27N3O4. The molecule has 0 aromatic heterocycles. The first kappa shape index (κ1) is 17.2. The molecule has 1 saturated carbocycles. The van der Waals surface area contributed by atoms with E-state index in [9.17, 15) is 9.59 Å². The molecule has 0 aromatic rings. The highest BCUT2D eigenvalue weighted by molar-refractivity contribution is 5.89. The van der Waals surface area contributed by atoms with Gasteiger partial charge in [0.15, 0.2) is 0 Å². The molecule has 126 valence electrons. The summed E-state index contributed by atoms with van der Waals surface area (Å²) in [5.41, 5.74) is 5.33. The van der Waals surface area contributed by atoms with Crippen LogP contribution < -0.4 is 11.1 Å². The van der Waals surface area contributed by atoms with Gasteiger partial charge in [0.2, 0.25) is 11.8 Å². The maximum atomic E-state index is 12.3. The molecule has 2 amide bonds. The van der Waals surface area contributed by atoms with Gasteiger partial charge in [-0.05, 0) is 32.6 Å². The van der Waals surface area contributed by atoms with Gasteiger partial charge in [0.05, 0.1) is 18.9 Å². The Balaban J connectivity index is 1.62. The van der Waals surface area contributed by atoms with Gasteiger partial charge < -0.3 is 20.1 Å². The summed E-state index contributed by atoms with van der Waals surface area (Å²) in [5, 5.41) is 3.00. The number of nitrogens with one attached hydrogen (secondary N) is 1. The summed E-state index contributed by atoms with van der Waals surface area (Å²) >= 11 is 0. The van der Waals surface area contributed by atoms with Crippen LogP contribution in [-0.4, -0.2) is 55.0 Å². The summed E-state index contributed by atoms with van der Waals surface area (Å²) in [6.07, 6.45) is 6.46. The molecule has 0 radical (unpaired) electrons. The van der Waals surface area contributed by atoms with Crippen molar-refractivity contribution >= 4 is 11.8 Å². The Morgan fingerprint density at radius 2 is 2.00 bits per heavy atom. The van der Waals surface area contributed by atoms with E-state index in [1.807, 2.05) is 0 Å². The first-order valence-electron chi connectivity index (χ1n) is 8.12. The van der Waals surface area contributed by atoms with Gasteiger partial charge in [-0.15, -0.1) is 0 Å². The molecule has 1 aliphatic carbocycles. The lowest BCUT2D eigenvalue weighted by Gasteiger charge is -2.26. The predicted octanol–water partition coefficient (Wildman–Crippen LogP) is 0.332. The van der Waals surface area contributed by atoms with Crippen molar-refractivity contribution in [3.8, 4) is 0 Å². The molecule has 0 spiro atoms. The zero-order chi connectivity index (χ0) is 15.9. The highest BCUT2D eigenvalue weighted by Gasteiger charge is 2.34. The second-order valence-corrected chi connectivity index (χ2v) is 6.06. The van der Waals surface area contributed by atoms with Gasteiger partial charge in [-0.3, -0.25) is 14.9 Å². The average Bonchev–Trinajstić information content (AvgIpc) is 3.16. The number of carbonyl (C=O) groups is 2. The van der Waals surface area contributed by atoms with Crippen LogP contribution in [0.3, 0.4) is 0 Å². The number of carbonyl (C=O) groups excluding carboxylic acids is 2. The molecule has 3 N–H and O–H groups in total. The minimum Gasteiger partial charge on any atom is -0.368 e. The fourth-order valence-corrected chi connectivity index (χ4v) is 3.09. The molecule has 1 heterocycles. The number of amides is 2. The monoisotopic (exact) mass is 313 g/mol. The lowest BCUT2D eigenvalue weighted by molar-refractivity contribution is -0.140. The summed E-state index contributed by atoms with van der Waals surface area (Å²) in [6, 6.07) is -0.880. The minimum absolute atomic E-state index is 0.110. The Labute approximate surface area is 131 Å². The number of likely N-dealkylation sites (tertiary alicyclic amines) is 1. The maximum absolute atomic E-state index is 12.3. The number of hydrogen-bond acceptors (Lipinski definition) is 5. The summed E-state index contributed by atoms with van der Waals surface area (Å²) in [7, 11) is 0. The molecule has 1 aliphatic heterocycles. The van der Waals surface area contributed by atoms with Crippen molar-refractivity contribution in [1.29, 1.82) is 0 Å². The third-order valence-electron chi connectivity index (χ3n) is 4.42. The van der Waals surface area contributed by atoms with Crippen LogP contribution in [0, 0.1) is 0 Å². The Morgan fingerprint density at radius 3 is 2.68 bits per heavy atom. The molecule has 2 aliphatic rings. The maximum Gasteiger partial charge on any atom is 0.240 e. The van der Waals surface area contributed by atoms with Gasteiger partial charge in [0.1, 0.15) is 12.8 Å². The normalized spacial score (nSPS) is 23.9. The van der Waals surface area contributed by atoms with Crippen LogP contribution >= 0.6 is 0 Å². The van der Waals surface area contributed by atoms with Crippen LogP contribution in [0.4, 0.5) is 0 Å². The van der Waals surface area contributed by atoms with E-state index in [2.05, 4.69) is 5.32 Å². The Morgan fingerprint density at radius 1 is 1.27 bits per heavy atom. The van der Waals surface area contributed by atoms with E-state index in [0.29, 0.717) is 19.1 Å². The average molecular weight is 313 g/mol. The molecule has 2 rings (SSSR count). The number of ether oxygens (including phenoxy) is 2. The molecule has 2 atom stereocenters. The minimum atomic E-state index is -0.469. The quantitative estimate of drug-likeness (QED) is 0.497.